The standard InChI is InChI=1S/C22H35N3O5/c1-6-23-22(25-14-11-17(12-15-25)21(26)30-7-2)24-13-10-16-8-9-18(27-3)20(29-5)19(16)28-4/h8-9,17H,6-7,10-15H2,1-5H3,(H,23,24). The summed E-state index contributed by atoms with van der Waals surface area (Å²) in [5.41, 5.74) is 1.01. The number of nitrogens with zero attached hydrogens (tertiary/aromatic N) is 2. The van der Waals surface area contributed by atoms with Gasteiger partial charge < -0.3 is 29.2 Å². The Balaban J connectivity index is 2.03. The number of ether oxygens (including phenoxy) is 4. The molecule has 8 nitrogen and oxygen atoms in total. The molecule has 168 valence electrons. The average molecular weight is 422 g/mol. The third-order valence-electron chi connectivity index (χ3n) is 5.18. The molecule has 0 saturated carbocycles. The van der Waals surface area contributed by atoms with Crippen LogP contribution in [-0.4, -0.2) is 70.9 Å². The van der Waals surface area contributed by atoms with Crippen molar-refractivity contribution in [2.75, 3.05) is 54.1 Å². The summed E-state index contributed by atoms with van der Waals surface area (Å²) in [5.74, 6) is 2.68. The Kier molecular flexibility index (Phi) is 9.57. The van der Waals surface area contributed by atoms with Crippen LogP contribution in [0.1, 0.15) is 32.3 Å². The molecule has 1 N–H and O–H groups in total. The van der Waals surface area contributed by atoms with Crippen molar-refractivity contribution >= 4 is 11.9 Å². The number of methoxy groups -OCH3 is 3. The van der Waals surface area contributed by atoms with Crippen molar-refractivity contribution in [1.82, 2.24) is 10.2 Å². The maximum absolute atomic E-state index is 12.0. The first kappa shape index (κ1) is 23.6. The van der Waals surface area contributed by atoms with E-state index in [-0.39, 0.29) is 11.9 Å². The number of hydrogen-bond donors (Lipinski definition) is 1. The van der Waals surface area contributed by atoms with Crippen LogP contribution in [0.15, 0.2) is 17.1 Å². The number of hydrogen-bond acceptors (Lipinski definition) is 6. The summed E-state index contributed by atoms with van der Waals surface area (Å²) in [4.78, 5) is 19.0. The van der Waals surface area contributed by atoms with Crippen molar-refractivity contribution in [3.63, 3.8) is 0 Å². The van der Waals surface area contributed by atoms with Crippen LogP contribution in [0.3, 0.4) is 0 Å². The molecular weight excluding hydrogens is 386 g/mol. The predicted octanol–water partition coefficient (Wildman–Crippen LogP) is 2.50. The topological polar surface area (TPSA) is 81.6 Å². The molecule has 1 aromatic rings. The minimum Gasteiger partial charge on any atom is -0.493 e. The van der Waals surface area contributed by atoms with E-state index in [0.29, 0.717) is 36.8 Å². The molecule has 0 radical (unpaired) electrons. The van der Waals surface area contributed by atoms with Crippen LogP contribution < -0.4 is 19.5 Å². The van der Waals surface area contributed by atoms with Gasteiger partial charge >= 0.3 is 5.97 Å². The van der Waals surface area contributed by atoms with Crippen molar-refractivity contribution < 1.29 is 23.7 Å². The first-order valence-electron chi connectivity index (χ1n) is 10.6. The molecule has 1 fully saturated rings. The first-order valence-corrected chi connectivity index (χ1v) is 10.6. The number of guanidine groups is 1. The maximum atomic E-state index is 12.0. The Labute approximate surface area is 179 Å². The van der Waals surface area contributed by atoms with Crippen LogP contribution >= 0.6 is 0 Å². The lowest BCUT2D eigenvalue weighted by Gasteiger charge is -2.33. The molecular formula is C22H35N3O5. The van der Waals surface area contributed by atoms with Gasteiger partial charge in [-0.2, -0.15) is 0 Å². The monoisotopic (exact) mass is 421 g/mol. The minimum atomic E-state index is -0.0837. The van der Waals surface area contributed by atoms with Gasteiger partial charge in [0, 0.05) is 31.7 Å². The van der Waals surface area contributed by atoms with Crippen molar-refractivity contribution in [3.05, 3.63) is 17.7 Å². The lowest BCUT2D eigenvalue weighted by molar-refractivity contribution is -0.149. The van der Waals surface area contributed by atoms with Gasteiger partial charge in [0.15, 0.2) is 17.5 Å². The fourth-order valence-corrected chi connectivity index (χ4v) is 3.66. The Bertz CT molecular complexity index is 715. The molecule has 1 aromatic carbocycles. The van der Waals surface area contributed by atoms with Gasteiger partial charge in [0.05, 0.1) is 33.9 Å². The smallest absolute Gasteiger partial charge is 0.309 e. The van der Waals surface area contributed by atoms with E-state index in [1.165, 1.54) is 0 Å². The second-order valence-electron chi connectivity index (χ2n) is 6.99. The van der Waals surface area contributed by atoms with E-state index in [2.05, 4.69) is 17.1 Å². The second-order valence-corrected chi connectivity index (χ2v) is 6.99. The van der Waals surface area contributed by atoms with Gasteiger partial charge in [-0.1, -0.05) is 6.07 Å². The van der Waals surface area contributed by atoms with Gasteiger partial charge in [0.2, 0.25) is 5.75 Å². The lowest BCUT2D eigenvalue weighted by Crippen LogP contribution is -2.46. The van der Waals surface area contributed by atoms with Crippen LogP contribution in [0.5, 0.6) is 17.2 Å². The predicted molar refractivity (Wildman–Crippen MR) is 117 cm³/mol. The quantitative estimate of drug-likeness (QED) is 0.373. The first-order chi connectivity index (χ1) is 14.6. The number of nitrogens with one attached hydrogen (secondary N) is 1. The maximum Gasteiger partial charge on any atom is 0.309 e. The fraction of sp³-hybridized carbons (Fsp3) is 0.636. The van der Waals surface area contributed by atoms with Crippen LogP contribution in [0.25, 0.3) is 0 Å². The third-order valence-corrected chi connectivity index (χ3v) is 5.18. The van der Waals surface area contributed by atoms with Gasteiger partial charge in [-0.05, 0) is 39.2 Å². The average Bonchev–Trinajstić information content (AvgIpc) is 2.78. The number of aliphatic imine (C=N–C) groups is 1. The second kappa shape index (κ2) is 12.1. The molecule has 0 amide bonds. The largest absolute Gasteiger partial charge is 0.493 e. The van der Waals surface area contributed by atoms with Gasteiger partial charge in [-0.15, -0.1) is 0 Å². The van der Waals surface area contributed by atoms with Crippen LogP contribution in [0.4, 0.5) is 0 Å². The fourth-order valence-electron chi connectivity index (χ4n) is 3.66. The van der Waals surface area contributed by atoms with Crippen LogP contribution in [0.2, 0.25) is 0 Å². The Morgan fingerprint density at radius 2 is 1.80 bits per heavy atom. The van der Waals surface area contributed by atoms with E-state index in [4.69, 9.17) is 23.9 Å². The molecule has 0 bridgehead atoms. The van der Waals surface area contributed by atoms with E-state index in [1.54, 1.807) is 21.3 Å². The molecule has 0 aliphatic carbocycles. The number of piperidine rings is 1. The molecule has 0 atom stereocenters. The van der Waals surface area contributed by atoms with Crippen LogP contribution in [-0.2, 0) is 16.0 Å². The van der Waals surface area contributed by atoms with Crippen molar-refractivity contribution in [2.45, 2.75) is 33.1 Å². The van der Waals surface area contributed by atoms with E-state index in [9.17, 15) is 4.79 Å². The zero-order valence-corrected chi connectivity index (χ0v) is 18.8. The van der Waals surface area contributed by atoms with Gasteiger partial charge in [0.1, 0.15) is 0 Å². The number of benzene rings is 1. The van der Waals surface area contributed by atoms with Crippen LogP contribution in [0, 0.1) is 5.92 Å². The highest BCUT2D eigenvalue weighted by Crippen LogP contribution is 2.39. The third kappa shape index (κ3) is 5.93. The Morgan fingerprint density at radius 3 is 2.37 bits per heavy atom. The molecule has 2 rings (SSSR count). The molecule has 1 aliphatic rings. The summed E-state index contributed by atoms with van der Waals surface area (Å²) in [6.45, 7) is 7.30. The molecule has 8 heteroatoms. The molecule has 0 spiro atoms. The Hall–Kier alpha value is -2.64. The van der Waals surface area contributed by atoms with Crippen molar-refractivity contribution in [1.29, 1.82) is 0 Å². The molecule has 1 aliphatic heterocycles. The van der Waals surface area contributed by atoms with E-state index in [1.807, 2.05) is 19.1 Å². The normalized spacial score (nSPS) is 15.0. The minimum absolute atomic E-state index is 0.0138. The van der Waals surface area contributed by atoms with Gasteiger partial charge in [-0.25, -0.2) is 0 Å². The van der Waals surface area contributed by atoms with Crippen molar-refractivity contribution in [3.8, 4) is 17.2 Å². The summed E-state index contributed by atoms with van der Waals surface area (Å²) in [7, 11) is 4.84. The highest BCUT2D eigenvalue weighted by Gasteiger charge is 2.27. The highest BCUT2D eigenvalue weighted by atomic mass is 16.5. The number of rotatable bonds is 9. The summed E-state index contributed by atoms with van der Waals surface area (Å²) in [6.07, 6.45) is 2.28. The summed E-state index contributed by atoms with van der Waals surface area (Å²) in [6, 6.07) is 3.86. The Morgan fingerprint density at radius 1 is 1.10 bits per heavy atom. The highest BCUT2D eigenvalue weighted by molar-refractivity contribution is 5.80. The number of carbonyl (C=O) groups excluding carboxylic acids is 1. The summed E-state index contributed by atoms with van der Waals surface area (Å²) < 4.78 is 21.5. The zero-order valence-electron chi connectivity index (χ0n) is 18.8. The molecule has 1 heterocycles. The van der Waals surface area contributed by atoms with Gasteiger partial charge in [-0.3, -0.25) is 9.79 Å². The van der Waals surface area contributed by atoms with E-state index >= 15 is 0 Å². The number of carbonyl (C=O) groups is 1. The number of esters is 1. The summed E-state index contributed by atoms with van der Waals surface area (Å²) in [5, 5.41) is 3.36. The molecule has 0 unspecified atom stereocenters. The van der Waals surface area contributed by atoms with Gasteiger partial charge in [0.25, 0.3) is 0 Å². The zero-order chi connectivity index (χ0) is 21.9. The molecule has 30 heavy (non-hydrogen) atoms. The SMILES string of the molecule is CCNC(=NCCc1ccc(OC)c(OC)c1OC)N1CCC(C(=O)OCC)CC1. The van der Waals surface area contributed by atoms with E-state index < -0.39 is 0 Å². The van der Waals surface area contributed by atoms with E-state index in [0.717, 1.165) is 44.0 Å². The lowest BCUT2D eigenvalue weighted by atomic mass is 9.97. The number of likely N-dealkylation sites (tertiary alicyclic amines) is 1. The molecule has 1 saturated heterocycles. The van der Waals surface area contributed by atoms with Crippen molar-refractivity contribution in [2.24, 2.45) is 10.9 Å². The summed E-state index contributed by atoms with van der Waals surface area (Å²) >= 11 is 0. The molecule has 0 aromatic heterocycles.